The molecule has 8 nitrogen and oxygen atoms in total. The highest BCUT2D eigenvalue weighted by Crippen LogP contribution is 2.21. The second-order valence-corrected chi connectivity index (χ2v) is 6.42. The minimum Gasteiger partial charge on any atom is -0.492 e. The van der Waals surface area contributed by atoms with Gasteiger partial charge in [-0.1, -0.05) is 11.3 Å². The number of benzene rings is 1. The summed E-state index contributed by atoms with van der Waals surface area (Å²) in [7, 11) is 0. The molecule has 0 aliphatic carbocycles. The Hall–Kier alpha value is -3.01. The Bertz CT molecular complexity index is 993. The van der Waals surface area contributed by atoms with Gasteiger partial charge in [-0.2, -0.15) is 5.10 Å². The van der Waals surface area contributed by atoms with Gasteiger partial charge in [-0.05, 0) is 38.1 Å². The molecule has 0 saturated carbocycles. The van der Waals surface area contributed by atoms with E-state index < -0.39 is 11.7 Å². The second-order valence-electron chi connectivity index (χ2n) is 5.44. The van der Waals surface area contributed by atoms with Crippen LogP contribution in [0, 0.1) is 12.7 Å². The van der Waals surface area contributed by atoms with Gasteiger partial charge in [0.05, 0.1) is 18.8 Å². The van der Waals surface area contributed by atoms with Gasteiger partial charge in [0, 0.05) is 0 Å². The molecule has 10 heteroatoms. The van der Waals surface area contributed by atoms with E-state index >= 15 is 0 Å². The van der Waals surface area contributed by atoms with Gasteiger partial charge in [0.15, 0.2) is 5.13 Å². The normalized spacial score (nSPS) is 10.8. The number of hydrogen-bond donors (Lipinski definition) is 0. The zero-order valence-corrected chi connectivity index (χ0v) is 15.5. The number of hydrogen-bond acceptors (Lipinski definition) is 7. The van der Waals surface area contributed by atoms with Gasteiger partial charge in [-0.3, -0.25) is 0 Å². The molecule has 0 aliphatic heterocycles. The summed E-state index contributed by atoms with van der Waals surface area (Å²) in [5.74, 6) is -0.316. The van der Waals surface area contributed by atoms with Crippen molar-refractivity contribution >= 4 is 17.3 Å². The molecule has 0 fully saturated rings. The van der Waals surface area contributed by atoms with E-state index in [1.54, 1.807) is 13.8 Å². The van der Waals surface area contributed by atoms with E-state index in [1.807, 2.05) is 0 Å². The number of carbonyl (C=O) groups is 1. The van der Waals surface area contributed by atoms with Crippen LogP contribution in [0.25, 0.3) is 5.13 Å². The highest BCUT2D eigenvalue weighted by molar-refractivity contribution is 7.16. The molecule has 0 N–H and O–H groups in total. The molecule has 2 aromatic heterocycles. The summed E-state index contributed by atoms with van der Waals surface area (Å²) in [6.07, 6.45) is 1.34. The number of aromatic nitrogens is 4. The lowest BCUT2D eigenvalue weighted by atomic mass is 10.3. The van der Waals surface area contributed by atoms with Crippen molar-refractivity contribution in [2.75, 3.05) is 13.2 Å². The van der Waals surface area contributed by atoms with Gasteiger partial charge in [0.2, 0.25) is 0 Å². The van der Waals surface area contributed by atoms with Crippen molar-refractivity contribution in [1.29, 1.82) is 0 Å². The lowest BCUT2D eigenvalue weighted by Crippen LogP contribution is -2.26. The molecule has 0 spiro atoms. The number of thiazole rings is 1. The van der Waals surface area contributed by atoms with Crippen LogP contribution < -0.4 is 10.4 Å². The molecular formula is C17H17FN4O4S. The van der Waals surface area contributed by atoms with Crippen LogP contribution in [0.4, 0.5) is 4.39 Å². The smallest absolute Gasteiger partial charge is 0.352 e. The number of rotatable bonds is 7. The first kappa shape index (κ1) is 18.8. The summed E-state index contributed by atoms with van der Waals surface area (Å²) in [5.41, 5.74) is 0.0922. The van der Waals surface area contributed by atoms with Crippen molar-refractivity contribution in [2.24, 2.45) is 0 Å². The number of ether oxygens (including phenoxy) is 2. The van der Waals surface area contributed by atoms with Crippen LogP contribution in [0.15, 0.2) is 35.4 Å². The molecule has 3 aromatic rings. The van der Waals surface area contributed by atoms with E-state index in [0.29, 0.717) is 21.5 Å². The minimum atomic E-state index is -0.466. The van der Waals surface area contributed by atoms with Crippen LogP contribution in [-0.2, 0) is 11.3 Å². The molecule has 2 heterocycles. The molecule has 0 atom stereocenters. The van der Waals surface area contributed by atoms with Crippen LogP contribution in [-0.4, -0.2) is 38.5 Å². The van der Waals surface area contributed by atoms with Crippen LogP contribution >= 0.6 is 11.3 Å². The third kappa shape index (κ3) is 4.22. The molecule has 0 saturated heterocycles. The predicted octanol–water partition coefficient (Wildman–Crippen LogP) is 2.19. The minimum absolute atomic E-state index is 0.188. The van der Waals surface area contributed by atoms with Crippen LogP contribution in [0.1, 0.15) is 22.3 Å². The van der Waals surface area contributed by atoms with Gasteiger partial charge in [-0.25, -0.2) is 28.2 Å². The summed E-state index contributed by atoms with van der Waals surface area (Å²) in [6, 6.07) is 5.60. The fraction of sp³-hybridized carbons (Fsp3) is 0.294. The number of aryl methyl sites for hydroxylation is 1. The van der Waals surface area contributed by atoms with Crippen LogP contribution in [0.5, 0.6) is 5.75 Å². The van der Waals surface area contributed by atoms with Crippen molar-refractivity contribution in [2.45, 2.75) is 20.4 Å². The fourth-order valence-electron chi connectivity index (χ4n) is 2.27. The average molecular weight is 392 g/mol. The lowest BCUT2D eigenvalue weighted by Gasteiger charge is -2.05. The van der Waals surface area contributed by atoms with Gasteiger partial charge in [0.1, 0.15) is 29.4 Å². The Kier molecular flexibility index (Phi) is 5.65. The Morgan fingerprint density at radius 2 is 2.04 bits per heavy atom. The number of halogens is 1. The lowest BCUT2D eigenvalue weighted by molar-refractivity contribution is 0.0531. The predicted molar refractivity (Wildman–Crippen MR) is 96.1 cm³/mol. The van der Waals surface area contributed by atoms with Crippen molar-refractivity contribution < 1.29 is 18.7 Å². The first-order valence-electron chi connectivity index (χ1n) is 8.17. The topological polar surface area (TPSA) is 88.2 Å². The van der Waals surface area contributed by atoms with Crippen LogP contribution in [0.3, 0.4) is 0 Å². The van der Waals surface area contributed by atoms with Crippen LogP contribution in [0.2, 0.25) is 0 Å². The monoisotopic (exact) mass is 392 g/mol. The third-order valence-electron chi connectivity index (χ3n) is 3.57. The molecule has 0 bridgehead atoms. The maximum atomic E-state index is 12.9. The maximum absolute atomic E-state index is 12.9. The average Bonchev–Trinajstić information content (AvgIpc) is 3.20. The third-order valence-corrected chi connectivity index (χ3v) is 4.71. The number of nitrogens with zero attached hydrogens (tertiary/aromatic N) is 4. The zero-order chi connectivity index (χ0) is 19.4. The Labute approximate surface area is 157 Å². The highest BCUT2D eigenvalue weighted by atomic mass is 32.1. The van der Waals surface area contributed by atoms with Crippen molar-refractivity contribution in [1.82, 2.24) is 19.3 Å². The highest BCUT2D eigenvalue weighted by Gasteiger charge is 2.19. The molecule has 0 unspecified atom stereocenters. The van der Waals surface area contributed by atoms with E-state index in [4.69, 9.17) is 9.47 Å². The largest absolute Gasteiger partial charge is 0.492 e. The summed E-state index contributed by atoms with van der Waals surface area (Å²) < 4.78 is 25.8. The number of carbonyl (C=O) groups excluding carboxylic acids is 1. The van der Waals surface area contributed by atoms with Crippen molar-refractivity contribution in [3.05, 3.63) is 57.5 Å². The Morgan fingerprint density at radius 3 is 2.74 bits per heavy atom. The molecule has 0 radical (unpaired) electrons. The molecular weight excluding hydrogens is 375 g/mol. The maximum Gasteiger partial charge on any atom is 0.352 e. The van der Waals surface area contributed by atoms with Crippen molar-refractivity contribution in [3.8, 4) is 10.9 Å². The van der Waals surface area contributed by atoms with E-state index in [1.165, 1.54) is 39.8 Å². The standard InChI is InChI=1S/C17H17FN4O4S/c1-3-25-15(23)14-11(2)20-16(27-14)21-10-19-22(17(21)24)8-9-26-13-6-4-12(18)5-7-13/h4-7,10H,3,8-9H2,1-2H3. The molecule has 27 heavy (non-hydrogen) atoms. The summed E-state index contributed by atoms with van der Waals surface area (Å²) in [6.45, 7) is 4.05. The molecule has 1 aromatic carbocycles. The van der Waals surface area contributed by atoms with E-state index in [2.05, 4.69) is 10.1 Å². The van der Waals surface area contributed by atoms with Crippen molar-refractivity contribution in [3.63, 3.8) is 0 Å². The summed E-state index contributed by atoms with van der Waals surface area (Å²) in [4.78, 5) is 29.0. The van der Waals surface area contributed by atoms with Gasteiger partial charge < -0.3 is 9.47 Å². The Balaban J connectivity index is 1.70. The second kappa shape index (κ2) is 8.12. The summed E-state index contributed by atoms with van der Waals surface area (Å²) in [5, 5.41) is 4.37. The summed E-state index contributed by atoms with van der Waals surface area (Å²) >= 11 is 1.07. The quantitative estimate of drug-likeness (QED) is 0.573. The van der Waals surface area contributed by atoms with E-state index in [-0.39, 0.29) is 25.6 Å². The number of esters is 1. The molecule has 0 aliphatic rings. The SMILES string of the molecule is CCOC(=O)c1sc(-n2cnn(CCOc3ccc(F)cc3)c2=O)nc1C. The molecule has 0 amide bonds. The van der Waals surface area contributed by atoms with E-state index in [0.717, 1.165) is 11.3 Å². The fourth-order valence-corrected chi connectivity index (χ4v) is 3.20. The first-order chi connectivity index (χ1) is 13.0. The van der Waals surface area contributed by atoms with Gasteiger partial charge in [-0.15, -0.1) is 0 Å². The van der Waals surface area contributed by atoms with E-state index in [9.17, 15) is 14.0 Å². The van der Waals surface area contributed by atoms with Gasteiger partial charge >= 0.3 is 11.7 Å². The Morgan fingerprint density at radius 1 is 1.30 bits per heavy atom. The molecule has 3 rings (SSSR count). The first-order valence-corrected chi connectivity index (χ1v) is 8.99. The molecule has 142 valence electrons. The van der Waals surface area contributed by atoms with Gasteiger partial charge in [0.25, 0.3) is 0 Å². The zero-order valence-electron chi connectivity index (χ0n) is 14.7.